The number of fused-ring (bicyclic) bond motifs is 3. The van der Waals surface area contributed by atoms with Gasteiger partial charge in [0.25, 0.3) is 5.91 Å². The fourth-order valence-corrected chi connectivity index (χ4v) is 11.8. The third kappa shape index (κ3) is 11.0. The quantitative estimate of drug-likeness (QED) is 0.0351. The number of piperazine rings is 1. The average molecular weight is 1030 g/mol. The number of nitrogens with zero attached hydrogens (tertiary/aromatic N) is 10. The summed E-state index contributed by atoms with van der Waals surface area (Å²) in [6.45, 7) is 3.32. The van der Waals surface area contributed by atoms with Gasteiger partial charge in [0.1, 0.15) is 40.9 Å². The number of phenolic OH excluding ortho intramolecular Hbond substituents is 1. The topological polar surface area (TPSA) is 209 Å². The predicted molar refractivity (Wildman–Crippen MR) is 272 cm³/mol. The van der Waals surface area contributed by atoms with E-state index in [0.717, 1.165) is 63.4 Å². The number of rotatable bonds is 18. The molecule has 6 aromatic rings. The van der Waals surface area contributed by atoms with Crippen LogP contribution < -0.4 is 25.6 Å². The van der Waals surface area contributed by atoms with Crippen molar-refractivity contribution < 1.29 is 37.4 Å². The highest BCUT2D eigenvalue weighted by Crippen LogP contribution is 2.39. The number of hydrogen-bond acceptors (Lipinski definition) is 14. The smallest absolute Gasteiger partial charge is 0.319 e. The molecule has 8 heterocycles. The normalized spacial score (nSPS) is 19.9. The van der Waals surface area contributed by atoms with E-state index in [-0.39, 0.29) is 120 Å². The Balaban J connectivity index is 0.789. The van der Waals surface area contributed by atoms with E-state index in [4.69, 9.17) is 16.1 Å². The van der Waals surface area contributed by atoms with Crippen molar-refractivity contribution in [1.82, 2.24) is 60.7 Å². The van der Waals surface area contributed by atoms with Crippen LogP contribution in [0.15, 0.2) is 66.9 Å². The molecular formula is C52H54F3N13O5S. The lowest BCUT2D eigenvalue weighted by Gasteiger charge is -2.35. The SMILES string of the molecule is C#Cc1c(F)ccc2cc(O)cc(-c3ncc4c(N5CCN(C(=O)/C(F)=C/c6ccccn6)CC5)nc(OC[C@@H]5CCCN5CCCn5cc(CNC(=O)CCCC[C@@H]6SC[C@@H]7NC(=O)N[C@@H]76)nn5)nc4c3F)c12. The molecule has 4 amide bonds. The van der Waals surface area contributed by atoms with Crippen molar-refractivity contribution in [3.05, 3.63) is 95.5 Å². The molecule has 74 heavy (non-hydrogen) atoms. The van der Waals surface area contributed by atoms with Crippen molar-refractivity contribution in [3.63, 3.8) is 0 Å². The maximum atomic E-state index is 17.2. The Labute approximate surface area is 428 Å². The van der Waals surface area contributed by atoms with Crippen molar-refractivity contribution in [1.29, 1.82) is 0 Å². The number of carbonyl (C=O) groups is 3. The highest BCUT2D eigenvalue weighted by molar-refractivity contribution is 8.00. The molecule has 0 aliphatic carbocycles. The van der Waals surface area contributed by atoms with Crippen molar-refractivity contribution in [2.75, 3.05) is 56.5 Å². The molecule has 10 rings (SSSR count). The first-order valence-corrected chi connectivity index (χ1v) is 25.9. The number of amides is 4. The van der Waals surface area contributed by atoms with Crippen molar-refractivity contribution >= 4 is 63.2 Å². The molecule has 4 fully saturated rings. The molecular weight excluding hydrogens is 976 g/mol. The number of ether oxygens (including phenoxy) is 1. The molecule has 18 nitrogen and oxygen atoms in total. The molecule has 4 atom stereocenters. The second-order valence-corrected chi connectivity index (χ2v) is 20.1. The molecule has 4 aromatic heterocycles. The molecule has 0 unspecified atom stereocenters. The number of carbonyl (C=O) groups excluding carboxylic acids is 3. The van der Waals surface area contributed by atoms with E-state index in [2.05, 4.69) is 52.0 Å². The minimum atomic E-state index is -0.950. The number of unbranched alkanes of at least 4 members (excludes halogenated alkanes) is 1. The van der Waals surface area contributed by atoms with Crippen LogP contribution in [-0.2, 0) is 22.7 Å². The molecule has 0 radical (unpaired) electrons. The van der Waals surface area contributed by atoms with E-state index in [0.29, 0.717) is 35.0 Å². The van der Waals surface area contributed by atoms with Gasteiger partial charge in [0.05, 0.1) is 41.5 Å². The van der Waals surface area contributed by atoms with E-state index in [1.54, 1.807) is 22.9 Å². The molecule has 0 bridgehead atoms. The number of likely N-dealkylation sites (tertiary alicyclic amines) is 1. The van der Waals surface area contributed by atoms with Gasteiger partial charge in [-0.15, -0.1) is 11.5 Å². The lowest BCUT2D eigenvalue weighted by atomic mass is 9.96. The highest BCUT2D eigenvalue weighted by Gasteiger charge is 2.42. The lowest BCUT2D eigenvalue weighted by molar-refractivity contribution is -0.128. The van der Waals surface area contributed by atoms with E-state index < -0.39 is 23.4 Å². The summed E-state index contributed by atoms with van der Waals surface area (Å²) >= 11 is 1.87. The van der Waals surface area contributed by atoms with E-state index in [9.17, 15) is 19.5 Å². The van der Waals surface area contributed by atoms with Crippen LogP contribution in [0.4, 0.5) is 23.8 Å². The Morgan fingerprint density at radius 1 is 1.03 bits per heavy atom. The zero-order valence-corrected chi connectivity index (χ0v) is 41.2. The lowest BCUT2D eigenvalue weighted by Crippen LogP contribution is -2.49. The maximum Gasteiger partial charge on any atom is 0.319 e. The third-order valence-corrected chi connectivity index (χ3v) is 15.5. The van der Waals surface area contributed by atoms with Crippen LogP contribution in [0.25, 0.3) is 39.0 Å². The zero-order valence-electron chi connectivity index (χ0n) is 40.4. The van der Waals surface area contributed by atoms with Crippen molar-refractivity contribution in [3.8, 4) is 35.4 Å². The van der Waals surface area contributed by atoms with Crippen LogP contribution in [0.3, 0.4) is 0 Å². The molecule has 4 aliphatic heterocycles. The number of pyridine rings is 2. The van der Waals surface area contributed by atoms with E-state index >= 15 is 13.2 Å². The van der Waals surface area contributed by atoms with Gasteiger partial charge in [-0.05, 0) is 74.4 Å². The largest absolute Gasteiger partial charge is 0.508 e. The molecule has 0 saturated carbocycles. The molecule has 4 saturated heterocycles. The van der Waals surface area contributed by atoms with Crippen LogP contribution in [0.2, 0.25) is 0 Å². The van der Waals surface area contributed by atoms with Crippen LogP contribution >= 0.6 is 11.8 Å². The predicted octanol–water partition coefficient (Wildman–Crippen LogP) is 5.73. The van der Waals surface area contributed by atoms with Gasteiger partial charge in [0.15, 0.2) is 11.6 Å². The Bertz CT molecular complexity index is 3150. The number of nitrogens with one attached hydrogen (secondary N) is 3. The maximum absolute atomic E-state index is 17.2. The van der Waals surface area contributed by atoms with Gasteiger partial charge in [-0.25, -0.2) is 18.0 Å². The number of hydrogen-bond donors (Lipinski definition) is 4. The summed E-state index contributed by atoms with van der Waals surface area (Å²) < 4.78 is 55.5. The molecule has 2 aromatic carbocycles. The number of aryl methyl sites for hydroxylation is 1. The molecule has 384 valence electrons. The summed E-state index contributed by atoms with van der Waals surface area (Å²) in [4.78, 5) is 60.9. The molecule has 22 heteroatoms. The van der Waals surface area contributed by atoms with Gasteiger partial charge < -0.3 is 35.6 Å². The number of urea groups is 1. The van der Waals surface area contributed by atoms with Gasteiger partial charge in [-0.3, -0.25) is 29.1 Å². The first-order chi connectivity index (χ1) is 36.0. The first kappa shape index (κ1) is 50.0. The Kier molecular flexibility index (Phi) is 15.1. The Morgan fingerprint density at radius 3 is 2.72 bits per heavy atom. The summed E-state index contributed by atoms with van der Waals surface area (Å²) in [5.74, 6) is 0.00693. The summed E-state index contributed by atoms with van der Waals surface area (Å²) in [5.41, 5.74) is 0.546. The molecule has 0 spiro atoms. The van der Waals surface area contributed by atoms with Crippen LogP contribution in [0.1, 0.15) is 61.9 Å². The second kappa shape index (κ2) is 22.3. The van der Waals surface area contributed by atoms with E-state index in [1.165, 1.54) is 41.6 Å². The molecule has 4 N–H and O–H groups in total. The van der Waals surface area contributed by atoms with Crippen LogP contribution in [-0.4, -0.2) is 143 Å². The summed E-state index contributed by atoms with van der Waals surface area (Å²) in [7, 11) is 0. The fraction of sp³-hybridized carbons (Fsp3) is 0.404. The number of anilines is 1. The van der Waals surface area contributed by atoms with Gasteiger partial charge in [-0.2, -0.15) is 21.7 Å². The van der Waals surface area contributed by atoms with Gasteiger partial charge in [0, 0.05) is 92.2 Å². The number of halogens is 3. The second-order valence-electron chi connectivity index (χ2n) is 18.8. The minimum absolute atomic E-state index is 0.00846. The number of aromatic hydroxyl groups is 1. The Hall–Kier alpha value is -7.51. The van der Waals surface area contributed by atoms with Crippen LogP contribution in [0.5, 0.6) is 11.8 Å². The van der Waals surface area contributed by atoms with Crippen LogP contribution in [0, 0.1) is 24.0 Å². The average Bonchev–Trinajstić information content (AvgIpc) is 4.23. The summed E-state index contributed by atoms with van der Waals surface area (Å²) in [6, 6.07) is 10.4. The summed E-state index contributed by atoms with van der Waals surface area (Å²) in [5, 5.41) is 29.3. The number of aromatic nitrogens is 7. The zero-order chi connectivity index (χ0) is 51.3. The van der Waals surface area contributed by atoms with E-state index in [1.807, 2.05) is 22.9 Å². The number of terminal acetylenes is 1. The Morgan fingerprint density at radius 2 is 1.89 bits per heavy atom. The number of benzene rings is 2. The van der Waals surface area contributed by atoms with Crippen molar-refractivity contribution in [2.45, 2.75) is 81.4 Å². The standard InChI is InChI=1S/C52H54F3N13O5S/c1-2-36-39(53)14-13-31-23-35(69)25-37(44(31)36)46-45(55)47-38(27-58-46)49(66-19-21-67(22-20-66)50(71)40(54)24-32-9-5-6-15-56-32)62-52(61-47)73-29-34-10-7-16-65(34)17-8-18-68-28-33(63-64-68)26-57-43(70)12-4-3-11-42-48-41(30-74-42)59-51(72)60-48/h1,5-6,9,13-15,23-25,27-28,34,41-42,48,69H,3-4,7-8,10-12,16-22,26,29-30H2,(H,57,70)(H2,59,60,72)/b40-24-/t34-,41-,42-,48-/m0/s1. The number of phenols is 1. The van der Waals surface area contributed by atoms with Gasteiger partial charge in [0.2, 0.25) is 5.91 Å². The number of thioether (sulfide) groups is 1. The first-order valence-electron chi connectivity index (χ1n) is 24.8. The van der Waals surface area contributed by atoms with Gasteiger partial charge >= 0.3 is 12.0 Å². The highest BCUT2D eigenvalue weighted by atomic mass is 32.2. The van der Waals surface area contributed by atoms with Gasteiger partial charge in [-0.1, -0.05) is 29.7 Å². The summed E-state index contributed by atoms with van der Waals surface area (Å²) in [6.07, 6.45) is 17.2. The minimum Gasteiger partial charge on any atom is -0.508 e. The van der Waals surface area contributed by atoms with Crippen molar-refractivity contribution in [2.24, 2.45) is 0 Å². The fourth-order valence-electron chi connectivity index (χ4n) is 10.3. The monoisotopic (exact) mass is 1030 g/mol. The third-order valence-electron chi connectivity index (χ3n) is 14.0. The molecule has 4 aliphatic rings.